The summed E-state index contributed by atoms with van der Waals surface area (Å²) in [6.45, 7) is 2.91. The van der Waals surface area contributed by atoms with E-state index in [1.54, 1.807) is 7.11 Å². The highest BCUT2D eigenvalue weighted by atomic mass is 79.9. The SMILES string of the molecule is COc1c(C)cc(Cl)cc1CCNCBr. The Bertz CT molecular complexity index is 331. The zero-order chi connectivity index (χ0) is 11.3. The largest absolute Gasteiger partial charge is 0.496 e. The molecule has 0 bridgehead atoms. The van der Waals surface area contributed by atoms with E-state index in [9.17, 15) is 0 Å². The van der Waals surface area contributed by atoms with Crippen molar-refractivity contribution in [3.63, 3.8) is 0 Å². The molecule has 4 heteroatoms. The summed E-state index contributed by atoms with van der Waals surface area (Å²) in [5.41, 5.74) is 3.03. The van der Waals surface area contributed by atoms with Crippen molar-refractivity contribution in [1.29, 1.82) is 0 Å². The second-order valence-corrected chi connectivity index (χ2v) is 4.30. The van der Waals surface area contributed by atoms with E-state index >= 15 is 0 Å². The fourth-order valence-corrected chi connectivity index (χ4v) is 2.14. The van der Waals surface area contributed by atoms with Gasteiger partial charge in [-0.3, -0.25) is 0 Å². The molecule has 15 heavy (non-hydrogen) atoms. The van der Waals surface area contributed by atoms with Gasteiger partial charge in [0.15, 0.2) is 0 Å². The highest BCUT2D eigenvalue weighted by Gasteiger charge is 2.07. The Hall–Kier alpha value is -0.250. The van der Waals surface area contributed by atoms with Crippen molar-refractivity contribution in [2.75, 3.05) is 19.1 Å². The van der Waals surface area contributed by atoms with Gasteiger partial charge in [0.2, 0.25) is 0 Å². The van der Waals surface area contributed by atoms with E-state index in [1.165, 1.54) is 0 Å². The summed E-state index contributed by atoms with van der Waals surface area (Å²) in [5, 5.41) is 3.97. The van der Waals surface area contributed by atoms with E-state index in [1.807, 2.05) is 19.1 Å². The molecule has 0 saturated heterocycles. The standard InChI is InChI=1S/C11H15BrClNO/c1-8-5-10(13)6-9(11(8)15-2)3-4-14-7-12/h5-6,14H,3-4,7H2,1-2H3. The highest BCUT2D eigenvalue weighted by molar-refractivity contribution is 9.09. The van der Waals surface area contributed by atoms with E-state index in [4.69, 9.17) is 16.3 Å². The Morgan fingerprint density at radius 2 is 2.20 bits per heavy atom. The summed E-state index contributed by atoms with van der Waals surface area (Å²) >= 11 is 9.33. The summed E-state index contributed by atoms with van der Waals surface area (Å²) in [5.74, 6) is 0.941. The number of methoxy groups -OCH3 is 1. The average Bonchev–Trinajstić information content (AvgIpc) is 2.17. The quantitative estimate of drug-likeness (QED) is 0.511. The minimum Gasteiger partial charge on any atom is -0.496 e. The Labute approximate surface area is 104 Å². The number of nitrogens with one attached hydrogen (secondary N) is 1. The van der Waals surface area contributed by atoms with E-state index in [0.29, 0.717) is 0 Å². The Morgan fingerprint density at radius 3 is 2.80 bits per heavy atom. The number of halogens is 2. The van der Waals surface area contributed by atoms with Gasteiger partial charge < -0.3 is 10.1 Å². The predicted octanol–water partition coefficient (Wildman–Crippen LogP) is 3.14. The molecule has 0 fully saturated rings. The van der Waals surface area contributed by atoms with E-state index < -0.39 is 0 Å². The summed E-state index contributed by atoms with van der Waals surface area (Å²) in [7, 11) is 1.69. The van der Waals surface area contributed by atoms with Gasteiger partial charge in [-0.05, 0) is 36.6 Å². The molecule has 0 aliphatic carbocycles. The van der Waals surface area contributed by atoms with Crippen LogP contribution in [0.4, 0.5) is 0 Å². The van der Waals surface area contributed by atoms with Gasteiger partial charge in [0.25, 0.3) is 0 Å². The Kier molecular flexibility index (Phi) is 5.43. The van der Waals surface area contributed by atoms with Crippen molar-refractivity contribution < 1.29 is 4.74 Å². The van der Waals surface area contributed by atoms with Crippen LogP contribution in [0, 0.1) is 6.92 Å². The van der Waals surface area contributed by atoms with Crippen molar-refractivity contribution in [3.05, 3.63) is 28.3 Å². The maximum absolute atomic E-state index is 6.01. The molecule has 0 heterocycles. The van der Waals surface area contributed by atoms with Crippen molar-refractivity contribution in [2.24, 2.45) is 0 Å². The zero-order valence-corrected chi connectivity index (χ0v) is 11.3. The maximum atomic E-state index is 6.01. The van der Waals surface area contributed by atoms with Crippen molar-refractivity contribution >= 4 is 27.5 Å². The van der Waals surface area contributed by atoms with Crippen LogP contribution < -0.4 is 10.1 Å². The van der Waals surface area contributed by atoms with Gasteiger partial charge in [-0.1, -0.05) is 27.5 Å². The van der Waals surface area contributed by atoms with Crippen LogP contribution in [0.25, 0.3) is 0 Å². The van der Waals surface area contributed by atoms with Crippen molar-refractivity contribution in [3.8, 4) is 5.75 Å². The first-order chi connectivity index (χ1) is 7.19. The smallest absolute Gasteiger partial charge is 0.125 e. The van der Waals surface area contributed by atoms with Crippen LogP contribution in [0.2, 0.25) is 5.02 Å². The van der Waals surface area contributed by atoms with Crippen LogP contribution in [0.15, 0.2) is 12.1 Å². The summed E-state index contributed by atoms with van der Waals surface area (Å²) in [4.78, 5) is 0. The van der Waals surface area contributed by atoms with Gasteiger partial charge in [0.1, 0.15) is 5.75 Å². The summed E-state index contributed by atoms with van der Waals surface area (Å²) in [6, 6.07) is 3.88. The van der Waals surface area contributed by atoms with Crippen molar-refractivity contribution in [2.45, 2.75) is 13.3 Å². The number of alkyl halides is 1. The normalized spacial score (nSPS) is 10.4. The van der Waals surface area contributed by atoms with Crippen LogP contribution in [-0.2, 0) is 6.42 Å². The number of rotatable bonds is 5. The number of hydrogen-bond acceptors (Lipinski definition) is 2. The molecule has 0 amide bonds. The zero-order valence-electron chi connectivity index (χ0n) is 8.94. The third-order valence-corrected chi connectivity index (χ3v) is 2.80. The summed E-state index contributed by atoms with van der Waals surface area (Å²) in [6.07, 6.45) is 0.913. The third kappa shape index (κ3) is 3.67. The van der Waals surface area contributed by atoms with Crippen LogP contribution in [0.3, 0.4) is 0 Å². The van der Waals surface area contributed by atoms with Gasteiger partial charge in [0, 0.05) is 11.6 Å². The van der Waals surface area contributed by atoms with E-state index in [2.05, 4.69) is 21.2 Å². The number of benzene rings is 1. The average molecular weight is 293 g/mol. The first-order valence-corrected chi connectivity index (χ1v) is 6.28. The molecule has 1 rings (SSSR count). The minimum absolute atomic E-state index is 0.766. The molecular weight excluding hydrogens is 277 g/mol. The molecular formula is C11H15BrClNO. The van der Waals surface area contributed by atoms with E-state index in [0.717, 1.165) is 40.3 Å². The second-order valence-electron chi connectivity index (χ2n) is 3.30. The molecule has 0 saturated carbocycles. The fraction of sp³-hybridized carbons (Fsp3) is 0.455. The number of aryl methyl sites for hydroxylation is 1. The molecule has 0 aliphatic heterocycles. The van der Waals surface area contributed by atoms with Crippen LogP contribution >= 0.6 is 27.5 Å². The molecule has 1 aromatic carbocycles. The maximum Gasteiger partial charge on any atom is 0.125 e. The molecule has 2 nitrogen and oxygen atoms in total. The van der Waals surface area contributed by atoms with Gasteiger partial charge in [-0.15, -0.1) is 0 Å². The van der Waals surface area contributed by atoms with Gasteiger partial charge in [-0.2, -0.15) is 0 Å². The summed E-state index contributed by atoms with van der Waals surface area (Å²) < 4.78 is 5.36. The van der Waals surface area contributed by atoms with Crippen LogP contribution in [0.1, 0.15) is 11.1 Å². The van der Waals surface area contributed by atoms with Crippen LogP contribution in [0.5, 0.6) is 5.75 Å². The van der Waals surface area contributed by atoms with Gasteiger partial charge in [-0.25, -0.2) is 0 Å². The van der Waals surface area contributed by atoms with Gasteiger partial charge >= 0.3 is 0 Å². The molecule has 1 aromatic rings. The molecule has 1 N–H and O–H groups in total. The number of ether oxygens (including phenoxy) is 1. The minimum atomic E-state index is 0.766. The van der Waals surface area contributed by atoms with Crippen LogP contribution in [-0.4, -0.2) is 19.1 Å². The van der Waals surface area contributed by atoms with E-state index in [-0.39, 0.29) is 0 Å². The molecule has 0 atom stereocenters. The number of hydrogen-bond donors (Lipinski definition) is 1. The Morgan fingerprint density at radius 1 is 1.47 bits per heavy atom. The third-order valence-electron chi connectivity index (χ3n) is 2.19. The molecule has 0 aromatic heterocycles. The van der Waals surface area contributed by atoms with Gasteiger partial charge in [0.05, 0.1) is 12.6 Å². The van der Waals surface area contributed by atoms with Crippen molar-refractivity contribution in [1.82, 2.24) is 5.32 Å². The topological polar surface area (TPSA) is 21.3 Å². The molecule has 0 unspecified atom stereocenters. The second kappa shape index (κ2) is 6.36. The predicted molar refractivity (Wildman–Crippen MR) is 68.2 cm³/mol. The molecule has 0 radical (unpaired) electrons. The molecule has 0 spiro atoms. The lowest BCUT2D eigenvalue weighted by atomic mass is 10.1. The first kappa shape index (κ1) is 12.8. The lowest BCUT2D eigenvalue weighted by molar-refractivity contribution is 0.406. The lowest BCUT2D eigenvalue weighted by Gasteiger charge is -2.12. The monoisotopic (exact) mass is 291 g/mol. The Balaban J connectivity index is 2.84. The first-order valence-electron chi connectivity index (χ1n) is 4.78. The highest BCUT2D eigenvalue weighted by Crippen LogP contribution is 2.27. The molecule has 84 valence electrons. The fourth-order valence-electron chi connectivity index (χ4n) is 1.57. The molecule has 0 aliphatic rings. The lowest BCUT2D eigenvalue weighted by Crippen LogP contribution is -2.15.